The van der Waals surface area contributed by atoms with E-state index in [9.17, 15) is 4.79 Å². The van der Waals surface area contributed by atoms with Crippen LogP contribution in [0.1, 0.15) is 30.1 Å². The van der Waals surface area contributed by atoms with Gasteiger partial charge in [-0.1, -0.05) is 35.4 Å². The number of carbonyl (C=O) groups excluding carboxylic acids is 1. The van der Waals surface area contributed by atoms with Gasteiger partial charge < -0.3 is 10.1 Å². The maximum atomic E-state index is 12.3. The van der Waals surface area contributed by atoms with Crippen LogP contribution >= 0.6 is 28.1 Å². The van der Waals surface area contributed by atoms with E-state index in [0.717, 1.165) is 17.3 Å². The van der Waals surface area contributed by atoms with Crippen molar-refractivity contribution in [3.63, 3.8) is 0 Å². The summed E-state index contributed by atoms with van der Waals surface area (Å²) in [5, 5.41) is 5.73. The molecule has 1 aromatic carbocycles. The standard InChI is InChI=1S/C15H19BrN2O2S/c1-3-5-9-20-13-7-6-11(16)10-12(13)14(19)18-15(21)17-8-4-2/h4,6-7,10H,2-3,5,8-9H2,1H3,(H2,17,18,19,21). The van der Waals surface area contributed by atoms with Crippen LogP contribution in [0.15, 0.2) is 35.3 Å². The minimum absolute atomic E-state index is 0.263. The number of hydrogen-bond donors (Lipinski definition) is 2. The molecule has 1 aromatic rings. The Morgan fingerprint density at radius 1 is 1.52 bits per heavy atom. The number of amides is 1. The molecule has 0 aromatic heterocycles. The molecule has 0 aliphatic heterocycles. The molecule has 0 aliphatic carbocycles. The lowest BCUT2D eigenvalue weighted by atomic mass is 10.2. The van der Waals surface area contributed by atoms with E-state index in [1.165, 1.54) is 0 Å². The third kappa shape index (κ3) is 6.27. The number of rotatable bonds is 7. The van der Waals surface area contributed by atoms with Crippen molar-refractivity contribution in [1.29, 1.82) is 0 Å². The largest absolute Gasteiger partial charge is 0.493 e. The van der Waals surface area contributed by atoms with Gasteiger partial charge in [-0.2, -0.15) is 0 Å². The number of hydrogen-bond acceptors (Lipinski definition) is 3. The van der Waals surface area contributed by atoms with Gasteiger partial charge in [0.25, 0.3) is 5.91 Å². The van der Waals surface area contributed by atoms with E-state index in [2.05, 4.69) is 40.1 Å². The summed E-state index contributed by atoms with van der Waals surface area (Å²) in [7, 11) is 0. The zero-order chi connectivity index (χ0) is 15.7. The Labute approximate surface area is 139 Å². The van der Waals surface area contributed by atoms with Gasteiger partial charge in [-0.05, 0) is 36.8 Å². The maximum absolute atomic E-state index is 12.3. The average Bonchev–Trinajstić information content (AvgIpc) is 2.46. The Morgan fingerprint density at radius 2 is 2.29 bits per heavy atom. The highest BCUT2D eigenvalue weighted by atomic mass is 79.9. The molecule has 6 heteroatoms. The number of nitrogens with one attached hydrogen (secondary N) is 2. The van der Waals surface area contributed by atoms with E-state index in [1.54, 1.807) is 18.2 Å². The molecule has 4 nitrogen and oxygen atoms in total. The molecule has 114 valence electrons. The molecule has 0 saturated heterocycles. The summed E-state index contributed by atoms with van der Waals surface area (Å²) in [4.78, 5) is 12.3. The van der Waals surface area contributed by atoms with Gasteiger partial charge in [0.2, 0.25) is 0 Å². The summed E-state index contributed by atoms with van der Waals surface area (Å²) in [5.41, 5.74) is 0.447. The Bertz CT molecular complexity index is 520. The van der Waals surface area contributed by atoms with Gasteiger partial charge >= 0.3 is 0 Å². The highest BCUT2D eigenvalue weighted by Gasteiger charge is 2.14. The smallest absolute Gasteiger partial charge is 0.261 e. The Hall–Kier alpha value is -1.40. The zero-order valence-electron chi connectivity index (χ0n) is 11.9. The lowest BCUT2D eigenvalue weighted by Crippen LogP contribution is -2.39. The van der Waals surface area contributed by atoms with Gasteiger partial charge in [-0.25, -0.2) is 0 Å². The first kappa shape index (κ1) is 17.7. The SMILES string of the molecule is C=CCNC(=S)NC(=O)c1cc(Br)ccc1OCCCC. The van der Waals surface area contributed by atoms with Gasteiger partial charge in [0.15, 0.2) is 5.11 Å². The Morgan fingerprint density at radius 3 is 2.95 bits per heavy atom. The minimum atomic E-state index is -0.302. The van der Waals surface area contributed by atoms with E-state index >= 15 is 0 Å². The predicted molar refractivity (Wildman–Crippen MR) is 92.8 cm³/mol. The number of ether oxygens (including phenoxy) is 1. The number of benzene rings is 1. The number of halogens is 1. The van der Waals surface area contributed by atoms with Crippen molar-refractivity contribution >= 4 is 39.2 Å². The van der Waals surface area contributed by atoms with Gasteiger partial charge in [-0.3, -0.25) is 10.1 Å². The highest BCUT2D eigenvalue weighted by molar-refractivity contribution is 9.10. The van der Waals surface area contributed by atoms with Crippen molar-refractivity contribution in [2.45, 2.75) is 19.8 Å². The lowest BCUT2D eigenvalue weighted by molar-refractivity contribution is 0.0972. The minimum Gasteiger partial charge on any atom is -0.493 e. The van der Waals surface area contributed by atoms with E-state index < -0.39 is 0 Å². The summed E-state index contributed by atoms with van der Waals surface area (Å²) in [6.07, 6.45) is 3.64. The third-order valence-electron chi connectivity index (χ3n) is 2.58. The first-order valence-electron chi connectivity index (χ1n) is 6.71. The number of carbonyl (C=O) groups is 1. The summed E-state index contributed by atoms with van der Waals surface area (Å²) in [6.45, 7) is 6.74. The number of unbranched alkanes of at least 4 members (excludes halogenated alkanes) is 1. The van der Waals surface area contributed by atoms with Crippen LogP contribution in [0.5, 0.6) is 5.75 Å². The molecule has 0 atom stereocenters. The fourth-order valence-electron chi connectivity index (χ4n) is 1.51. The molecule has 0 fully saturated rings. The molecule has 1 rings (SSSR count). The molecule has 2 N–H and O–H groups in total. The molecular formula is C15H19BrN2O2S. The predicted octanol–water partition coefficient (Wildman–Crippen LogP) is 3.42. The molecule has 0 bridgehead atoms. The second-order valence-electron chi connectivity index (χ2n) is 4.30. The Kier molecular flexibility index (Phi) is 8.00. The fraction of sp³-hybridized carbons (Fsp3) is 0.333. The topological polar surface area (TPSA) is 50.4 Å². The van der Waals surface area contributed by atoms with E-state index in [1.807, 2.05) is 6.07 Å². The van der Waals surface area contributed by atoms with Gasteiger partial charge in [0.1, 0.15) is 5.75 Å². The van der Waals surface area contributed by atoms with Crippen LogP contribution < -0.4 is 15.4 Å². The molecule has 0 spiro atoms. The second-order valence-corrected chi connectivity index (χ2v) is 5.62. The molecule has 1 amide bonds. The first-order valence-corrected chi connectivity index (χ1v) is 7.91. The molecule has 0 saturated carbocycles. The summed E-state index contributed by atoms with van der Waals surface area (Å²) < 4.78 is 6.46. The van der Waals surface area contributed by atoms with Gasteiger partial charge in [-0.15, -0.1) is 6.58 Å². The fourth-order valence-corrected chi connectivity index (χ4v) is 2.05. The summed E-state index contributed by atoms with van der Waals surface area (Å²) >= 11 is 8.39. The van der Waals surface area contributed by atoms with Crippen LogP contribution in [0.25, 0.3) is 0 Å². The zero-order valence-corrected chi connectivity index (χ0v) is 14.4. The van der Waals surface area contributed by atoms with Crippen LogP contribution in [-0.4, -0.2) is 24.2 Å². The second kappa shape index (κ2) is 9.52. The maximum Gasteiger partial charge on any atom is 0.261 e. The quantitative estimate of drug-likeness (QED) is 0.438. The highest BCUT2D eigenvalue weighted by Crippen LogP contribution is 2.23. The molecule has 21 heavy (non-hydrogen) atoms. The van der Waals surface area contributed by atoms with Crippen LogP contribution in [0, 0.1) is 0 Å². The molecule has 0 aliphatic rings. The van der Waals surface area contributed by atoms with Crippen molar-refractivity contribution in [2.75, 3.05) is 13.2 Å². The van der Waals surface area contributed by atoms with Crippen molar-refractivity contribution in [3.8, 4) is 5.75 Å². The van der Waals surface area contributed by atoms with Crippen LogP contribution in [0.4, 0.5) is 0 Å². The number of thiocarbonyl (C=S) groups is 1. The average molecular weight is 371 g/mol. The van der Waals surface area contributed by atoms with Gasteiger partial charge in [0.05, 0.1) is 12.2 Å². The van der Waals surface area contributed by atoms with E-state index in [4.69, 9.17) is 17.0 Å². The molecule has 0 radical (unpaired) electrons. The molecule has 0 heterocycles. The Balaban J connectivity index is 2.78. The van der Waals surface area contributed by atoms with E-state index in [0.29, 0.717) is 24.5 Å². The van der Waals surface area contributed by atoms with Crippen molar-refractivity contribution in [1.82, 2.24) is 10.6 Å². The summed E-state index contributed by atoms with van der Waals surface area (Å²) in [6, 6.07) is 5.33. The van der Waals surface area contributed by atoms with E-state index in [-0.39, 0.29) is 11.0 Å². The molecule has 0 unspecified atom stereocenters. The van der Waals surface area contributed by atoms with Crippen molar-refractivity contribution in [2.24, 2.45) is 0 Å². The first-order chi connectivity index (χ1) is 10.1. The van der Waals surface area contributed by atoms with Crippen LogP contribution in [-0.2, 0) is 0 Å². The monoisotopic (exact) mass is 370 g/mol. The third-order valence-corrected chi connectivity index (χ3v) is 3.32. The normalized spacial score (nSPS) is 9.81. The van der Waals surface area contributed by atoms with Crippen LogP contribution in [0.3, 0.4) is 0 Å². The molecular weight excluding hydrogens is 352 g/mol. The lowest BCUT2D eigenvalue weighted by Gasteiger charge is -2.13. The van der Waals surface area contributed by atoms with Crippen molar-refractivity contribution < 1.29 is 9.53 Å². The van der Waals surface area contributed by atoms with Crippen molar-refractivity contribution in [3.05, 3.63) is 40.9 Å². The van der Waals surface area contributed by atoms with Gasteiger partial charge in [0, 0.05) is 11.0 Å². The van der Waals surface area contributed by atoms with Crippen LogP contribution in [0.2, 0.25) is 0 Å². The summed E-state index contributed by atoms with van der Waals surface area (Å²) in [5.74, 6) is 0.250.